The molecule has 2 aromatic carbocycles. The molecule has 28 heavy (non-hydrogen) atoms. The zero-order chi connectivity index (χ0) is 20.5. The molecule has 1 heterocycles. The van der Waals surface area contributed by atoms with Crippen molar-refractivity contribution in [2.75, 3.05) is 4.90 Å². The van der Waals surface area contributed by atoms with Crippen molar-refractivity contribution in [2.24, 2.45) is 0 Å². The number of aryl methyl sites for hydroxylation is 2. The van der Waals surface area contributed by atoms with E-state index in [1.807, 2.05) is 18.2 Å². The number of carbonyl (C=O) groups is 1. The van der Waals surface area contributed by atoms with Crippen molar-refractivity contribution in [1.29, 1.82) is 0 Å². The van der Waals surface area contributed by atoms with Crippen LogP contribution in [0.15, 0.2) is 72.1 Å². The standard InChI is InChI=1S/C25H29NOS/c1-17-12-13-22(18(2)16-17)26-15-14-21(20-10-8-7-9-11-20)23(19(26)3)24(27)28-25(4,5)6/h7-16,21H,1-6H3. The third-order valence-electron chi connectivity index (χ3n) is 4.88. The molecule has 1 aliphatic heterocycles. The van der Waals surface area contributed by atoms with Gasteiger partial charge in [0.05, 0.1) is 0 Å². The molecule has 1 unspecified atom stereocenters. The van der Waals surface area contributed by atoms with E-state index in [0.29, 0.717) is 0 Å². The normalized spacial score (nSPS) is 17.2. The van der Waals surface area contributed by atoms with Crippen LogP contribution < -0.4 is 4.90 Å². The first-order valence-corrected chi connectivity index (χ1v) is 10.5. The summed E-state index contributed by atoms with van der Waals surface area (Å²) in [6, 6.07) is 16.7. The van der Waals surface area contributed by atoms with E-state index in [-0.39, 0.29) is 15.8 Å². The monoisotopic (exact) mass is 391 g/mol. The van der Waals surface area contributed by atoms with Gasteiger partial charge in [0, 0.05) is 33.8 Å². The minimum atomic E-state index is -0.128. The van der Waals surface area contributed by atoms with Crippen LogP contribution in [0.1, 0.15) is 50.3 Å². The summed E-state index contributed by atoms with van der Waals surface area (Å²) in [6.07, 6.45) is 4.27. The van der Waals surface area contributed by atoms with Gasteiger partial charge in [0.25, 0.3) is 0 Å². The van der Waals surface area contributed by atoms with Crippen LogP contribution >= 0.6 is 11.8 Å². The summed E-state index contributed by atoms with van der Waals surface area (Å²) < 4.78 is -0.128. The SMILES string of the molecule is CC1=C(C(=O)SC(C)(C)C)C(c2ccccc2)C=CN1c1ccc(C)cc1C. The average Bonchev–Trinajstić information content (AvgIpc) is 2.61. The zero-order valence-electron chi connectivity index (χ0n) is 17.6. The largest absolute Gasteiger partial charge is 0.321 e. The molecule has 2 aromatic rings. The number of rotatable bonds is 3. The molecule has 0 saturated carbocycles. The predicted molar refractivity (Wildman–Crippen MR) is 122 cm³/mol. The van der Waals surface area contributed by atoms with Crippen molar-refractivity contribution in [3.63, 3.8) is 0 Å². The van der Waals surface area contributed by atoms with Crippen LogP contribution in [-0.4, -0.2) is 9.86 Å². The lowest BCUT2D eigenvalue weighted by atomic mass is 9.88. The number of allylic oxidation sites excluding steroid dienone is 2. The maximum absolute atomic E-state index is 13.4. The highest BCUT2D eigenvalue weighted by Gasteiger charge is 2.31. The lowest BCUT2D eigenvalue weighted by Crippen LogP contribution is -2.26. The summed E-state index contributed by atoms with van der Waals surface area (Å²) in [4.78, 5) is 15.5. The van der Waals surface area contributed by atoms with Crippen LogP contribution in [0.4, 0.5) is 5.69 Å². The van der Waals surface area contributed by atoms with Crippen molar-refractivity contribution < 1.29 is 4.79 Å². The van der Waals surface area contributed by atoms with E-state index in [1.165, 1.54) is 22.9 Å². The first-order valence-electron chi connectivity index (χ1n) is 9.71. The molecule has 0 fully saturated rings. The molecular weight excluding hydrogens is 362 g/mol. The van der Waals surface area contributed by atoms with E-state index in [1.54, 1.807) is 0 Å². The Balaban J connectivity index is 2.10. The van der Waals surface area contributed by atoms with Gasteiger partial charge in [0.2, 0.25) is 5.12 Å². The van der Waals surface area contributed by atoms with E-state index in [2.05, 4.69) is 89.1 Å². The Hall–Kier alpha value is -2.26. The van der Waals surface area contributed by atoms with Gasteiger partial charge in [-0.1, -0.05) is 86.6 Å². The fraction of sp³-hybridized carbons (Fsp3) is 0.320. The van der Waals surface area contributed by atoms with Crippen LogP contribution in [0.25, 0.3) is 0 Å². The quantitative estimate of drug-likeness (QED) is 0.577. The second kappa shape index (κ2) is 8.00. The average molecular weight is 392 g/mol. The van der Waals surface area contributed by atoms with Crippen molar-refractivity contribution >= 4 is 22.6 Å². The molecule has 2 nitrogen and oxygen atoms in total. The van der Waals surface area contributed by atoms with Crippen molar-refractivity contribution in [3.05, 3.63) is 88.8 Å². The predicted octanol–water partition coefficient (Wildman–Crippen LogP) is 6.75. The summed E-state index contributed by atoms with van der Waals surface area (Å²) in [5.74, 6) is -0.0226. The smallest absolute Gasteiger partial charge is 0.218 e. The maximum Gasteiger partial charge on any atom is 0.218 e. The van der Waals surface area contributed by atoms with E-state index in [0.717, 1.165) is 22.5 Å². The van der Waals surface area contributed by atoms with Gasteiger partial charge < -0.3 is 4.90 Å². The van der Waals surface area contributed by atoms with E-state index < -0.39 is 0 Å². The highest BCUT2D eigenvalue weighted by molar-refractivity contribution is 8.15. The number of carbonyl (C=O) groups excluding carboxylic acids is 1. The second-order valence-corrected chi connectivity index (χ2v) is 10.2. The molecule has 146 valence electrons. The number of hydrogen-bond acceptors (Lipinski definition) is 3. The van der Waals surface area contributed by atoms with Crippen LogP contribution in [0, 0.1) is 13.8 Å². The van der Waals surface area contributed by atoms with Gasteiger partial charge in [-0.3, -0.25) is 4.79 Å². The summed E-state index contributed by atoms with van der Waals surface area (Å²) in [6.45, 7) is 12.6. The second-order valence-electron chi connectivity index (χ2n) is 8.39. The molecule has 0 aromatic heterocycles. The summed E-state index contributed by atoms with van der Waals surface area (Å²) in [5.41, 5.74) is 6.59. The van der Waals surface area contributed by atoms with Gasteiger partial charge in [-0.05, 0) is 38.0 Å². The Labute approximate surface area is 173 Å². The third-order valence-corrected chi connectivity index (χ3v) is 5.90. The Morgan fingerprint density at radius 1 is 1.00 bits per heavy atom. The number of nitrogens with zero attached hydrogens (tertiary/aromatic N) is 1. The van der Waals surface area contributed by atoms with Gasteiger partial charge in [0.1, 0.15) is 0 Å². The van der Waals surface area contributed by atoms with Gasteiger partial charge in [-0.15, -0.1) is 0 Å². The lowest BCUT2D eigenvalue weighted by molar-refractivity contribution is -0.108. The molecule has 1 atom stereocenters. The minimum Gasteiger partial charge on any atom is -0.321 e. The number of anilines is 1. The van der Waals surface area contributed by atoms with Crippen molar-refractivity contribution in [3.8, 4) is 0 Å². The molecule has 3 heteroatoms. The molecule has 0 spiro atoms. The van der Waals surface area contributed by atoms with E-state index in [4.69, 9.17) is 0 Å². The van der Waals surface area contributed by atoms with E-state index >= 15 is 0 Å². The topological polar surface area (TPSA) is 20.3 Å². The van der Waals surface area contributed by atoms with Gasteiger partial charge in [0.15, 0.2) is 0 Å². The fourth-order valence-electron chi connectivity index (χ4n) is 3.62. The number of benzene rings is 2. The van der Waals surface area contributed by atoms with Crippen LogP contribution in [0.5, 0.6) is 0 Å². The van der Waals surface area contributed by atoms with Crippen molar-refractivity contribution in [1.82, 2.24) is 0 Å². The minimum absolute atomic E-state index is 0.0226. The maximum atomic E-state index is 13.4. The fourth-order valence-corrected chi connectivity index (χ4v) is 4.56. The van der Waals surface area contributed by atoms with Crippen LogP contribution in [0.2, 0.25) is 0 Å². The summed E-state index contributed by atoms with van der Waals surface area (Å²) >= 11 is 1.41. The van der Waals surface area contributed by atoms with E-state index in [9.17, 15) is 4.79 Å². The van der Waals surface area contributed by atoms with Gasteiger partial charge in [-0.25, -0.2) is 0 Å². The zero-order valence-corrected chi connectivity index (χ0v) is 18.4. The third kappa shape index (κ3) is 4.41. The highest BCUT2D eigenvalue weighted by atomic mass is 32.2. The van der Waals surface area contributed by atoms with Crippen LogP contribution in [0.3, 0.4) is 0 Å². The molecule has 0 radical (unpaired) electrons. The molecular formula is C25H29NOS. The molecule has 1 aliphatic rings. The first-order chi connectivity index (χ1) is 13.2. The number of thioether (sulfide) groups is 1. The first kappa shape index (κ1) is 20.5. The van der Waals surface area contributed by atoms with Gasteiger partial charge in [-0.2, -0.15) is 0 Å². The Morgan fingerprint density at radius 2 is 1.68 bits per heavy atom. The molecule has 0 saturated heterocycles. The summed E-state index contributed by atoms with van der Waals surface area (Å²) in [7, 11) is 0. The van der Waals surface area contributed by atoms with Gasteiger partial charge >= 0.3 is 0 Å². The Kier molecular flexibility index (Phi) is 5.85. The Bertz CT molecular complexity index is 935. The summed E-state index contributed by atoms with van der Waals surface area (Å²) in [5, 5.41) is 0.151. The molecule has 0 N–H and O–H groups in total. The Morgan fingerprint density at radius 3 is 2.29 bits per heavy atom. The molecule has 0 bridgehead atoms. The van der Waals surface area contributed by atoms with Crippen molar-refractivity contribution in [2.45, 2.75) is 52.2 Å². The molecule has 3 rings (SSSR count). The number of hydrogen-bond donors (Lipinski definition) is 0. The highest BCUT2D eigenvalue weighted by Crippen LogP contribution is 2.41. The lowest BCUT2D eigenvalue weighted by Gasteiger charge is -2.33. The molecule has 0 aliphatic carbocycles. The molecule has 0 amide bonds. The van der Waals surface area contributed by atoms with Crippen LogP contribution in [-0.2, 0) is 4.79 Å².